The van der Waals surface area contributed by atoms with Crippen molar-refractivity contribution in [3.8, 4) is 11.3 Å². The molecule has 92 valence electrons. The van der Waals surface area contributed by atoms with Crippen LogP contribution in [-0.2, 0) is 6.18 Å². The van der Waals surface area contributed by atoms with Gasteiger partial charge in [-0.1, -0.05) is 12.1 Å². The maximum atomic E-state index is 12.4. The Balaban J connectivity index is 2.40. The van der Waals surface area contributed by atoms with Crippen LogP contribution < -0.4 is 5.72 Å². The van der Waals surface area contributed by atoms with E-state index in [1.807, 2.05) is 6.92 Å². The smallest absolute Gasteiger partial charge is 0.250 e. The lowest BCUT2D eigenvalue weighted by Gasteiger charge is -2.08. The van der Waals surface area contributed by atoms with E-state index in [0.29, 0.717) is 17.0 Å². The van der Waals surface area contributed by atoms with Gasteiger partial charge in [0.25, 0.3) is 0 Å². The Kier molecular flexibility index (Phi) is 3.11. The van der Waals surface area contributed by atoms with Crippen LogP contribution >= 0.6 is 0 Å². The van der Waals surface area contributed by atoms with E-state index in [1.165, 1.54) is 12.1 Å². The van der Waals surface area contributed by atoms with Gasteiger partial charge < -0.3 is 0 Å². The van der Waals surface area contributed by atoms with Gasteiger partial charge in [0.1, 0.15) is 0 Å². The Labute approximate surface area is 103 Å². The van der Waals surface area contributed by atoms with Crippen molar-refractivity contribution in [3.05, 3.63) is 41.6 Å². The first kappa shape index (κ1) is 12.6. The summed E-state index contributed by atoms with van der Waals surface area (Å²) in [4.78, 5) is 8.33. The zero-order valence-electron chi connectivity index (χ0n) is 9.92. The molecule has 0 unspecified atom stereocenters. The molecule has 0 saturated heterocycles. The molecule has 0 spiro atoms. The highest BCUT2D eigenvalue weighted by atomic mass is 19.4. The van der Waals surface area contributed by atoms with Crippen LogP contribution in [0.5, 0.6) is 0 Å². The van der Waals surface area contributed by atoms with Crippen LogP contribution in [-0.4, -0.2) is 17.8 Å². The third-order valence-corrected chi connectivity index (χ3v) is 2.47. The lowest BCUT2D eigenvalue weighted by molar-refractivity contribution is -0.137. The highest BCUT2D eigenvalue weighted by molar-refractivity contribution is 6.29. The molecule has 0 N–H and O–H groups in total. The second kappa shape index (κ2) is 4.44. The molecule has 1 aromatic carbocycles. The number of aryl methyl sites for hydroxylation is 1. The molecule has 0 fully saturated rings. The number of hydrogen-bond donors (Lipinski definition) is 0. The largest absolute Gasteiger partial charge is 0.416 e. The van der Waals surface area contributed by atoms with E-state index in [-0.39, 0.29) is 0 Å². The summed E-state index contributed by atoms with van der Waals surface area (Å²) in [6.45, 7) is 1.82. The van der Waals surface area contributed by atoms with Crippen LogP contribution in [0.2, 0.25) is 0 Å². The van der Waals surface area contributed by atoms with E-state index in [4.69, 9.17) is 0 Å². The van der Waals surface area contributed by atoms with Crippen LogP contribution in [0.4, 0.5) is 13.2 Å². The van der Waals surface area contributed by atoms with Gasteiger partial charge in [-0.2, -0.15) is 13.2 Å². The number of aromatic nitrogens is 2. The first-order valence-electron chi connectivity index (χ1n) is 5.36. The molecule has 0 radical (unpaired) electrons. The molecule has 18 heavy (non-hydrogen) atoms. The Hall–Kier alpha value is -1.85. The summed E-state index contributed by atoms with van der Waals surface area (Å²) in [5.41, 5.74) is 2.02. The molecule has 0 aliphatic carbocycles. The Bertz CT molecular complexity index is 544. The third kappa shape index (κ3) is 2.69. The zero-order valence-corrected chi connectivity index (χ0v) is 9.92. The minimum absolute atomic E-state index is 0.602. The monoisotopic (exact) mass is 250 g/mol. The molecule has 0 saturated carbocycles. The van der Waals surface area contributed by atoms with Gasteiger partial charge in [-0.15, -0.1) is 0 Å². The minimum Gasteiger partial charge on any atom is -0.250 e. The predicted molar refractivity (Wildman–Crippen MR) is 65.4 cm³/mol. The molecule has 0 aliphatic rings. The highest BCUT2D eigenvalue weighted by Crippen LogP contribution is 2.30. The first-order chi connectivity index (χ1) is 8.36. The Morgan fingerprint density at radius 1 is 1.06 bits per heavy atom. The molecule has 0 aliphatic heterocycles. The molecular weight excluding hydrogens is 240 g/mol. The molecule has 2 aromatic rings. The van der Waals surface area contributed by atoms with Crippen molar-refractivity contribution in [1.82, 2.24) is 9.97 Å². The average Bonchev–Trinajstić information content (AvgIpc) is 2.27. The summed E-state index contributed by atoms with van der Waals surface area (Å²) in [5.74, 6) is 0. The highest BCUT2D eigenvalue weighted by Gasteiger charge is 2.29. The van der Waals surface area contributed by atoms with Crippen molar-refractivity contribution in [2.24, 2.45) is 0 Å². The minimum atomic E-state index is -4.31. The van der Waals surface area contributed by atoms with E-state index < -0.39 is 11.7 Å². The van der Waals surface area contributed by atoms with Gasteiger partial charge in [-0.05, 0) is 25.1 Å². The van der Waals surface area contributed by atoms with E-state index in [0.717, 1.165) is 17.8 Å². The van der Waals surface area contributed by atoms with E-state index in [2.05, 4.69) is 9.97 Å². The Morgan fingerprint density at radius 3 is 2.17 bits per heavy atom. The lowest BCUT2D eigenvalue weighted by atomic mass is 10.1. The molecule has 6 heteroatoms. The second-order valence-electron chi connectivity index (χ2n) is 4.02. The molecule has 0 amide bonds. The third-order valence-electron chi connectivity index (χ3n) is 2.47. The van der Waals surface area contributed by atoms with Crippen molar-refractivity contribution in [3.63, 3.8) is 0 Å². The van der Waals surface area contributed by atoms with E-state index in [9.17, 15) is 13.2 Å². The van der Waals surface area contributed by atoms with Gasteiger partial charge in [0.2, 0.25) is 0 Å². The van der Waals surface area contributed by atoms with Crippen molar-refractivity contribution in [1.29, 1.82) is 0 Å². The summed E-state index contributed by atoms with van der Waals surface area (Å²) >= 11 is 0. The molecule has 2 nitrogen and oxygen atoms in total. The zero-order chi connectivity index (χ0) is 13.3. The first-order valence-corrected chi connectivity index (χ1v) is 5.36. The maximum absolute atomic E-state index is 12.4. The maximum Gasteiger partial charge on any atom is 0.416 e. The van der Waals surface area contributed by atoms with Crippen LogP contribution in [0.1, 0.15) is 11.3 Å². The topological polar surface area (TPSA) is 25.8 Å². The van der Waals surface area contributed by atoms with Crippen molar-refractivity contribution in [2.75, 3.05) is 0 Å². The summed E-state index contributed by atoms with van der Waals surface area (Å²) < 4.78 is 37.3. The Morgan fingerprint density at radius 2 is 1.67 bits per heavy atom. The van der Waals surface area contributed by atoms with E-state index >= 15 is 0 Å². The van der Waals surface area contributed by atoms with Crippen molar-refractivity contribution < 1.29 is 13.2 Å². The van der Waals surface area contributed by atoms with Crippen molar-refractivity contribution in [2.45, 2.75) is 13.1 Å². The van der Waals surface area contributed by atoms with Crippen LogP contribution in [0.15, 0.2) is 30.3 Å². The van der Waals surface area contributed by atoms with Gasteiger partial charge in [-0.3, -0.25) is 0 Å². The number of nitrogens with zero attached hydrogens (tertiary/aromatic N) is 2. The molecule has 1 heterocycles. The van der Waals surface area contributed by atoms with Crippen LogP contribution in [0, 0.1) is 6.92 Å². The average molecular weight is 250 g/mol. The molecule has 0 atom stereocenters. The number of benzene rings is 1. The molecule has 1 aromatic heterocycles. The molecule has 2 rings (SSSR count). The standard InChI is InChI=1S/C12H10BF3N2/c1-7-6-10(18-11(13)17-7)8-2-4-9(5-3-8)12(14,15)16/h2-6H,13H2,1H3. The number of hydrogen-bond acceptors (Lipinski definition) is 2. The van der Waals surface area contributed by atoms with Gasteiger partial charge in [-0.25, -0.2) is 9.97 Å². The fraction of sp³-hybridized carbons (Fsp3) is 0.167. The van der Waals surface area contributed by atoms with E-state index in [1.54, 1.807) is 13.9 Å². The number of rotatable bonds is 1. The molecular formula is C12H10BF3N2. The van der Waals surface area contributed by atoms with Gasteiger partial charge in [0, 0.05) is 11.3 Å². The fourth-order valence-electron chi connectivity index (χ4n) is 1.69. The molecule has 0 bridgehead atoms. The van der Waals surface area contributed by atoms with Crippen LogP contribution in [0.3, 0.4) is 0 Å². The second-order valence-corrected chi connectivity index (χ2v) is 4.02. The summed E-state index contributed by atoms with van der Waals surface area (Å²) in [5, 5.41) is 0. The fourth-order valence-corrected chi connectivity index (χ4v) is 1.69. The number of alkyl halides is 3. The number of halogens is 3. The van der Waals surface area contributed by atoms with Gasteiger partial charge in [0.15, 0.2) is 7.85 Å². The quantitative estimate of drug-likeness (QED) is 0.720. The summed E-state index contributed by atoms with van der Waals surface area (Å²) in [6, 6.07) is 6.70. The van der Waals surface area contributed by atoms with Crippen LogP contribution in [0.25, 0.3) is 11.3 Å². The van der Waals surface area contributed by atoms with Crippen molar-refractivity contribution >= 4 is 13.6 Å². The summed E-state index contributed by atoms with van der Waals surface area (Å²) in [7, 11) is 1.75. The van der Waals surface area contributed by atoms with Gasteiger partial charge in [0.05, 0.1) is 17.0 Å². The predicted octanol–water partition coefficient (Wildman–Crippen LogP) is 1.73. The normalized spacial score (nSPS) is 11.6. The lowest BCUT2D eigenvalue weighted by Crippen LogP contribution is -2.15. The summed E-state index contributed by atoms with van der Waals surface area (Å²) in [6.07, 6.45) is -4.31. The van der Waals surface area contributed by atoms with Gasteiger partial charge >= 0.3 is 6.18 Å². The SMILES string of the molecule is Bc1nc(C)cc(-c2ccc(C(F)(F)F)cc2)n1.